The highest BCUT2D eigenvalue weighted by molar-refractivity contribution is 5.76. The first-order valence-corrected chi connectivity index (χ1v) is 7.41. The number of carbonyl (C=O) groups is 2. The molecule has 0 bridgehead atoms. The maximum absolute atomic E-state index is 13.1. The quantitative estimate of drug-likeness (QED) is 0.481. The van der Waals surface area contributed by atoms with E-state index in [1.165, 1.54) is 12.3 Å². The monoisotopic (exact) mass is 328 g/mol. The second kappa shape index (κ2) is 9.19. The zero-order valence-electron chi connectivity index (χ0n) is 12.9. The van der Waals surface area contributed by atoms with Crippen LogP contribution < -0.4 is 5.32 Å². The van der Waals surface area contributed by atoms with Gasteiger partial charge in [0.25, 0.3) is 0 Å². The number of aldehydes is 1. The van der Waals surface area contributed by atoms with Crippen LogP contribution in [-0.2, 0) is 11.3 Å². The van der Waals surface area contributed by atoms with E-state index in [4.69, 9.17) is 4.74 Å². The lowest BCUT2D eigenvalue weighted by Crippen LogP contribution is -2.24. The van der Waals surface area contributed by atoms with E-state index < -0.39 is 12.0 Å². The summed E-state index contributed by atoms with van der Waals surface area (Å²) in [6.07, 6.45) is 5.33. The predicted octanol–water partition coefficient (Wildman–Crippen LogP) is 3.36. The van der Waals surface area contributed by atoms with Crippen molar-refractivity contribution in [2.75, 3.05) is 6.54 Å². The Balaban J connectivity index is 1.68. The summed E-state index contributed by atoms with van der Waals surface area (Å²) >= 11 is 0. The number of pyridine rings is 1. The third-order valence-corrected chi connectivity index (χ3v) is 3.12. The van der Waals surface area contributed by atoms with Gasteiger partial charge >= 0.3 is 6.09 Å². The van der Waals surface area contributed by atoms with Gasteiger partial charge in [-0.25, -0.2) is 9.78 Å². The molecule has 0 aliphatic rings. The lowest BCUT2D eigenvalue weighted by Gasteiger charge is -2.05. The third kappa shape index (κ3) is 5.64. The fourth-order valence-electron chi connectivity index (χ4n) is 1.91. The summed E-state index contributed by atoms with van der Waals surface area (Å²) in [6.45, 7) is 0.623. The predicted molar refractivity (Wildman–Crippen MR) is 87.9 cm³/mol. The highest BCUT2D eigenvalue weighted by Crippen LogP contribution is 2.07. The van der Waals surface area contributed by atoms with Gasteiger partial charge in [-0.1, -0.05) is 42.5 Å². The number of nitrogens with one attached hydrogen (secondary N) is 1. The van der Waals surface area contributed by atoms with E-state index in [1.54, 1.807) is 12.2 Å². The van der Waals surface area contributed by atoms with Crippen LogP contribution in [-0.4, -0.2) is 23.9 Å². The van der Waals surface area contributed by atoms with Crippen molar-refractivity contribution < 1.29 is 18.7 Å². The lowest BCUT2D eigenvalue weighted by atomic mass is 10.2. The van der Waals surface area contributed by atoms with Crippen LogP contribution in [0.4, 0.5) is 9.18 Å². The van der Waals surface area contributed by atoms with Crippen molar-refractivity contribution >= 4 is 18.5 Å². The summed E-state index contributed by atoms with van der Waals surface area (Å²) in [5.41, 5.74) is 1.45. The molecule has 0 atom stereocenters. The van der Waals surface area contributed by atoms with Gasteiger partial charge in [0.1, 0.15) is 6.61 Å². The Labute approximate surface area is 139 Å². The van der Waals surface area contributed by atoms with Crippen molar-refractivity contribution in [3.05, 3.63) is 71.3 Å². The Morgan fingerprint density at radius 1 is 1.29 bits per heavy atom. The molecule has 24 heavy (non-hydrogen) atoms. The first-order valence-electron chi connectivity index (χ1n) is 7.41. The van der Waals surface area contributed by atoms with Crippen LogP contribution in [0.5, 0.6) is 0 Å². The summed E-state index contributed by atoms with van der Waals surface area (Å²) in [6, 6.07) is 10.8. The van der Waals surface area contributed by atoms with Crippen LogP contribution in [0.25, 0.3) is 6.08 Å². The molecule has 1 N–H and O–H groups in total. The zero-order chi connectivity index (χ0) is 17.2. The second-order valence-corrected chi connectivity index (χ2v) is 4.95. The summed E-state index contributed by atoms with van der Waals surface area (Å²) in [5, 5.41) is 2.63. The van der Waals surface area contributed by atoms with Gasteiger partial charge in [-0.15, -0.1) is 0 Å². The highest BCUT2D eigenvalue weighted by atomic mass is 19.1. The molecule has 2 rings (SSSR count). The molecule has 124 valence electrons. The number of carbonyl (C=O) groups excluding carboxylic acids is 2. The number of rotatable bonds is 7. The minimum absolute atomic E-state index is 0.0836. The number of halogens is 1. The van der Waals surface area contributed by atoms with Gasteiger partial charge < -0.3 is 10.1 Å². The molecular weight excluding hydrogens is 311 g/mol. The van der Waals surface area contributed by atoms with E-state index in [-0.39, 0.29) is 12.2 Å². The van der Waals surface area contributed by atoms with Gasteiger partial charge in [-0.2, -0.15) is 4.39 Å². The molecule has 1 amide bonds. The van der Waals surface area contributed by atoms with Crippen LogP contribution in [0.1, 0.15) is 27.9 Å². The standard InChI is InChI=1S/C18H17FN2O3/c19-17-16(12-22)10-15(11-21-17)8-4-5-9-20-18(23)24-13-14-6-2-1-3-7-14/h1-4,6-8,10-12H,5,9,13H2,(H,20,23). The summed E-state index contributed by atoms with van der Waals surface area (Å²) in [5.74, 6) is -0.787. The van der Waals surface area contributed by atoms with Gasteiger partial charge in [-0.05, 0) is 23.6 Å². The number of aromatic nitrogens is 1. The zero-order valence-corrected chi connectivity index (χ0v) is 12.9. The molecule has 0 aliphatic heterocycles. The molecule has 0 saturated heterocycles. The number of nitrogens with zero attached hydrogens (tertiary/aromatic N) is 1. The molecule has 0 unspecified atom stereocenters. The van der Waals surface area contributed by atoms with Gasteiger partial charge in [0.2, 0.25) is 5.95 Å². The second-order valence-electron chi connectivity index (χ2n) is 4.95. The van der Waals surface area contributed by atoms with E-state index in [9.17, 15) is 14.0 Å². The first-order chi connectivity index (χ1) is 11.7. The van der Waals surface area contributed by atoms with E-state index in [1.807, 2.05) is 30.3 Å². The van der Waals surface area contributed by atoms with Gasteiger partial charge in [-0.3, -0.25) is 4.79 Å². The molecule has 0 fully saturated rings. The number of alkyl carbamates (subject to hydrolysis) is 1. The van der Waals surface area contributed by atoms with E-state index >= 15 is 0 Å². The first kappa shape index (κ1) is 17.3. The van der Waals surface area contributed by atoms with Crippen LogP contribution >= 0.6 is 0 Å². The van der Waals surface area contributed by atoms with E-state index in [0.29, 0.717) is 24.8 Å². The topological polar surface area (TPSA) is 68.3 Å². The smallest absolute Gasteiger partial charge is 0.407 e. The molecule has 2 aromatic rings. The molecule has 0 radical (unpaired) electrons. The van der Waals surface area contributed by atoms with Gasteiger partial charge in [0, 0.05) is 12.7 Å². The molecule has 0 aliphatic carbocycles. The molecule has 0 spiro atoms. The fraction of sp³-hybridized carbons (Fsp3) is 0.167. The van der Waals surface area contributed by atoms with Crippen molar-refractivity contribution in [2.24, 2.45) is 0 Å². The summed E-state index contributed by atoms with van der Waals surface area (Å²) in [4.78, 5) is 25.6. The molecule has 6 heteroatoms. The van der Waals surface area contributed by atoms with Crippen LogP contribution in [0, 0.1) is 5.95 Å². The fourth-order valence-corrected chi connectivity index (χ4v) is 1.91. The SMILES string of the molecule is O=Cc1cc(C=CCCNC(=O)OCc2ccccc2)cnc1F. The lowest BCUT2D eigenvalue weighted by molar-refractivity contribution is 0.111. The normalized spacial score (nSPS) is 10.5. The number of ether oxygens (including phenoxy) is 1. The minimum atomic E-state index is -0.787. The largest absolute Gasteiger partial charge is 0.445 e. The number of hydrogen-bond donors (Lipinski definition) is 1. The Bertz CT molecular complexity index is 717. The summed E-state index contributed by atoms with van der Waals surface area (Å²) in [7, 11) is 0. The van der Waals surface area contributed by atoms with Crippen molar-refractivity contribution in [1.82, 2.24) is 10.3 Å². The maximum atomic E-state index is 13.1. The Hall–Kier alpha value is -3.02. The van der Waals surface area contributed by atoms with Crippen molar-refractivity contribution in [3.63, 3.8) is 0 Å². The molecule has 1 aromatic heterocycles. The number of amides is 1. The van der Waals surface area contributed by atoms with Crippen molar-refractivity contribution in [1.29, 1.82) is 0 Å². The number of hydrogen-bond acceptors (Lipinski definition) is 4. The third-order valence-electron chi connectivity index (χ3n) is 3.12. The summed E-state index contributed by atoms with van der Waals surface area (Å²) < 4.78 is 18.1. The highest BCUT2D eigenvalue weighted by Gasteiger charge is 2.02. The van der Waals surface area contributed by atoms with Crippen LogP contribution in [0.2, 0.25) is 0 Å². The average Bonchev–Trinajstić information content (AvgIpc) is 2.62. The molecular formula is C18H17FN2O3. The minimum Gasteiger partial charge on any atom is -0.445 e. The molecule has 5 nitrogen and oxygen atoms in total. The Kier molecular flexibility index (Phi) is 6.64. The Morgan fingerprint density at radius 3 is 2.83 bits per heavy atom. The van der Waals surface area contributed by atoms with Crippen molar-refractivity contribution in [3.8, 4) is 0 Å². The Morgan fingerprint density at radius 2 is 2.08 bits per heavy atom. The molecule has 0 saturated carbocycles. The number of benzene rings is 1. The molecule has 1 heterocycles. The molecule has 1 aromatic carbocycles. The van der Waals surface area contributed by atoms with E-state index in [0.717, 1.165) is 5.56 Å². The maximum Gasteiger partial charge on any atom is 0.407 e. The van der Waals surface area contributed by atoms with E-state index in [2.05, 4.69) is 10.3 Å². The van der Waals surface area contributed by atoms with Crippen molar-refractivity contribution in [2.45, 2.75) is 13.0 Å². The van der Waals surface area contributed by atoms with Gasteiger partial charge in [0.15, 0.2) is 6.29 Å². The average molecular weight is 328 g/mol. The van der Waals surface area contributed by atoms with Gasteiger partial charge in [0.05, 0.1) is 5.56 Å². The van der Waals surface area contributed by atoms with Crippen LogP contribution in [0.15, 0.2) is 48.7 Å². The van der Waals surface area contributed by atoms with Crippen LogP contribution in [0.3, 0.4) is 0 Å².